The molecule has 0 bridgehead atoms. The van der Waals surface area contributed by atoms with Gasteiger partial charge in [-0.15, -0.1) is 24.0 Å². The molecule has 1 aromatic heterocycles. The number of hydrogen-bond donors (Lipinski definition) is 2. The molecule has 0 unspecified atom stereocenters. The highest BCUT2D eigenvalue weighted by Gasteiger charge is 2.20. The lowest BCUT2D eigenvalue weighted by Crippen LogP contribution is -2.41. The van der Waals surface area contributed by atoms with Crippen LogP contribution in [0, 0.1) is 11.8 Å². The van der Waals surface area contributed by atoms with E-state index >= 15 is 0 Å². The Hall–Kier alpha value is -2.10. The summed E-state index contributed by atoms with van der Waals surface area (Å²) in [6.45, 7) is 4.25. The fraction of sp³-hybridized carbons (Fsp3) is 0.522. The Morgan fingerprint density at radius 1 is 1.26 bits per heavy atom. The first-order chi connectivity index (χ1) is 14.5. The van der Waals surface area contributed by atoms with E-state index in [4.69, 9.17) is 0 Å². The van der Waals surface area contributed by atoms with Crippen LogP contribution >= 0.6 is 24.0 Å². The molecular weight excluding hydrogens is 503 g/mol. The van der Waals surface area contributed by atoms with Gasteiger partial charge in [-0.3, -0.25) is 14.5 Å². The molecule has 1 aliphatic rings. The second-order valence-electron chi connectivity index (χ2n) is 8.36. The van der Waals surface area contributed by atoms with E-state index in [-0.39, 0.29) is 36.4 Å². The molecule has 1 aliphatic carbocycles. The van der Waals surface area contributed by atoms with Crippen molar-refractivity contribution in [3.05, 3.63) is 48.3 Å². The molecule has 7 nitrogen and oxygen atoms in total. The number of benzene rings is 1. The molecule has 8 heteroatoms. The lowest BCUT2D eigenvalue weighted by molar-refractivity contribution is -0.116. The maximum Gasteiger partial charge on any atom is 0.246 e. The fourth-order valence-corrected chi connectivity index (χ4v) is 4.05. The number of amides is 1. The molecule has 1 heterocycles. The van der Waals surface area contributed by atoms with Gasteiger partial charge in [0, 0.05) is 45.3 Å². The zero-order valence-electron chi connectivity index (χ0n) is 18.8. The number of aliphatic imine (C=N–C) groups is 1. The van der Waals surface area contributed by atoms with E-state index in [1.165, 1.54) is 25.7 Å². The average molecular weight is 538 g/mol. The molecule has 0 aliphatic heterocycles. The van der Waals surface area contributed by atoms with Crippen LogP contribution in [0.5, 0.6) is 0 Å². The summed E-state index contributed by atoms with van der Waals surface area (Å²) in [5.74, 6) is 2.43. The van der Waals surface area contributed by atoms with Crippen LogP contribution in [0.25, 0.3) is 0 Å². The SMILES string of the molecule is CN=C(NCc1cccc(NC(=O)Cn2cccn2)c1)N(C)CC1CCC(C)CC1.I. The first-order valence-electron chi connectivity index (χ1n) is 10.8. The van der Waals surface area contributed by atoms with Crippen LogP contribution in [-0.2, 0) is 17.9 Å². The predicted molar refractivity (Wildman–Crippen MR) is 137 cm³/mol. The van der Waals surface area contributed by atoms with E-state index < -0.39 is 0 Å². The molecule has 0 radical (unpaired) electrons. The molecule has 2 aromatic rings. The molecule has 0 spiro atoms. The lowest BCUT2D eigenvalue weighted by atomic mass is 9.83. The number of aromatic nitrogens is 2. The topological polar surface area (TPSA) is 74.5 Å². The van der Waals surface area contributed by atoms with Crippen molar-refractivity contribution in [2.45, 2.75) is 45.7 Å². The van der Waals surface area contributed by atoms with E-state index in [1.54, 1.807) is 23.1 Å². The molecule has 2 N–H and O–H groups in total. The van der Waals surface area contributed by atoms with Gasteiger partial charge in [0.15, 0.2) is 5.96 Å². The number of nitrogens with one attached hydrogen (secondary N) is 2. The summed E-state index contributed by atoms with van der Waals surface area (Å²) in [5.41, 5.74) is 1.87. The molecule has 1 amide bonds. The lowest BCUT2D eigenvalue weighted by Gasteiger charge is -2.31. The van der Waals surface area contributed by atoms with Gasteiger partial charge in [-0.1, -0.05) is 31.9 Å². The minimum atomic E-state index is -0.0962. The summed E-state index contributed by atoms with van der Waals surface area (Å²) >= 11 is 0. The van der Waals surface area contributed by atoms with E-state index in [9.17, 15) is 4.79 Å². The van der Waals surface area contributed by atoms with Gasteiger partial charge in [-0.2, -0.15) is 5.10 Å². The van der Waals surface area contributed by atoms with Crippen LogP contribution in [0.3, 0.4) is 0 Å². The Kier molecular flexibility index (Phi) is 10.3. The molecular formula is C23H35IN6O. The number of carbonyl (C=O) groups is 1. The molecule has 1 fully saturated rings. The Morgan fingerprint density at radius 2 is 2.03 bits per heavy atom. The Bertz CT molecular complexity index is 830. The summed E-state index contributed by atoms with van der Waals surface area (Å²) < 4.78 is 1.60. The highest BCUT2D eigenvalue weighted by Crippen LogP contribution is 2.28. The van der Waals surface area contributed by atoms with Gasteiger partial charge in [0.2, 0.25) is 5.91 Å². The maximum absolute atomic E-state index is 12.2. The van der Waals surface area contributed by atoms with Gasteiger partial charge in [-0.25, -0.2) is 0 Å². The van der Waals surface area contributed by atoms with Gasteiger partial charge in [-0.05, 0) is 48.4 Å². The van der Waals surface area contributed by atoms with Crippen LogP contribution in [-0.4, -0.2) is 47.2 Å². The summed E-state index contributed by atoms with van der Waals surface area (Å²) in [5, 5.41) is 10.4. The molecule has 1 aromatic carbocycles. The van der Waals surface area contributed by atoms with E-state index in [0.717, 1.165) is 35.6 Å². The number of rotatable bonds is 7. The van der Waals surface area contributed by atoms with Crippen molar-refractivity contribution in [1.82, 2.24) is 20.0 Å². The van der Waals surface area contributed by atoms with Crippen molar-refractivity contribution in [3.8, 4) is 0 Å². The van der Waals surface area contributed by atoms with Crippen molar-refractivity contribution >= 4 is 41.5 Å². The molecule has 170 valence electrons. The number of guanidine groups is 1. The fourth-order valence-electron chi connectivity index (χ4n) is 4.05. The Morgan fingerprint density at radius 3 is 2.71 bits per heavy atom. The van der Waals surface area contributed by atoms with Crippen LogP contribution < -0.4 is 10.6 Å². The van der Waals surface area contributed by atoms with Gasteiger partial charge >= 0.3 is 0 Å². The highest BCUT2D eigenvalue weighted by atomic mass is 127. The number of hydrogen-bond acceptors (Lipinski definition) is 3. The average Bonchev–Trinajstić information content (AvgIpc) is 3.23. The molecule has 0 saturated heterocycles. The summed E-state index contributed by atoms with van der Waals surface area (Å²) in [6, 6.07) is 9.69. The third-order valence-electron chi connectivity index (χ3n) is 5.77. The van der Waals surface area contributed by atoms with Crippen LogP contribution in [0.15, 0.2) is 47.7 Å². The number of nitrogens with zero attached hydrogens (tertiary/aromatic N) is 4. The van der Waals surface area contributed by atoms with E-state index in [1.807, 2.05) is 31.3 Å². The molecule has 1 saturated carbocycles. The van der Waals surface area contributed by atoms with Crippen molar-refractivity contribution in [2.75, 3.05) is 26.0 Å². The Labute approximate surface area is 202 Å². The summed E-state index contributed by atoms with van der Waals surface area (Å²) in [4.78, 5) is 18.9. The molecule has 31 heavy (non-hydrogen) atoms. The van der Waals surface area contributed by atoms with Crippen LogP contribution in [0.4, 0.5) is 5.69 Å². The largest absolute Gasteiger partial charge is 0.352 e. The maximum atomic E-state index is 12.2. The van der Waals surface area contributed by atoms with Gasteiger partial charge in [0.1, 0.15) is 6.54 Å². The normalized spacial score (nSPS) is 18.7. The standard InChI is InChI=1S/C23H34N6O.HI/c1-18-8-10-19(11-9-18)16-28(3)23(24-2)25-15-20-6-4-7-21(14-20)27-22(30)17-29-13-5-12-26-29;/h4-7,12-14,18-19H,8-11,15-17H2,1-3H3,(H,24,25)(H,27,30);1H. The zero-order chi connectivity index (χ0) is 21.3. The highest BCUT2D eigenvalue weighted by molar-refractivity contribution is 14.0. The van der Waals surface area contributed by atoms with Crippen LogP contribution in [0.1, 0.15) is 38.2 Å². The quantitative estimate of drug-likeness (QED) is 0.318. The molecule has 0 atom stereocenters. The predicted octanol–water partition coefficient (Wildman–Crippen LogP) is 3.97. The number of anilines is 1. The van der Waals surface area contributed by atoms with E-state index in [0.29, 0.717) is 6.54 Å². The van der Waals surface area contributed by atoms with Gasteiger partial charge in [0.05, 0.1) is 0 Å². The van der Waals surface area contributed by atoms with Crippen molar-refractivity contribution in [2.24, 2.45) is 16.8 Å². The monoisotopic (exact) mass is 538 g/mol. The third kappa shape index (κ3) is 8.16. The smallest absolute Gasteiger partial charge is 0.246 e. The zero-order valence-corrected chi connectivity index (χ0v) is 21.1. The van der Waals surface area contributed by atoms with E-state index in [2.05, 4.69) is 39.6 Å². The Balaban J connectivity index is 0.00000341. The summed E-state index contributed by atoms with van der Waals surface area (Å²) in [6.07, 6.45) is 8.73. The second-order valence-corrected chi connectivity index (χ2v) is 8.36. The minimum absolute atomic E-state index is 0. The van der Waals surface area contributed by atoms with Gasteiger partial charge < -0.3 is 15.5 Å². The first-order valence-corrected chi connectivity index (χ1v) is 10.8. The molecule has 3 rings (SSSR count). The third-order valence-corrected chi connectivity index (χ3v) is 5.77. The van der Waals surface area contributed by atoms with Crippen molar-refractivity contribution in [1.29, 1.82) is 0 Å². The minimum Gasteiger partial charge on any atom is -0.352 e. The van der Waals surface area contributed by atoms with Crippen LogP contribution in [0.2, 0.25) is 0 Å². The summed E-state index contributed by atoms with van der Waals surface area (Å²) in [7, 11) is 3.94. The number of halogens is 1. The first kappa shape index (κ1) is 25.2. The van der Waals surface area contributed by atoms with Gasteiger partial charge in [0.25, 0.3) is 0 Å². The van der Waals surface area contributed by atoms with Crippen molar-refractivity contribution < 1.29 is 4.79 Å². The second kappa shape index (κ2) is 12.7. The number of carbonyl (C=O) groups excluding carboxylic acids is 1. The van der Waals surface area contributed by atoms with Crippen molar-refractivity contribution in [3.63, 3.8) is 0 Å².